The van der Waals surface area contributed by atoms with Gasteiger partial charge in [0.25, 0.3) is 0 Å². The van der Waals surface area contributed by atoms with Gasteiger partial charge in [-0.25, -0.2) is 4.39 Å². The van der Waals surface area contributed by atoms with Gasteiger partial charge in [0.15, 0.2) is 0 Å². The molecule has 0 aliphatic carbocycles. The highest BCUT2D eigenvalue weighted by Gasteiger charge is 2.29. The summed E-state index contributed by atoms with van der Waals surface area (Å²) in [5.41, 5.74) is 1.86. The third-order valence-corrected chi connectivity index (χ3v) is 3.10. The maximum Gasteiger partial charge on any atom is 0.125 e. The summed E-state index contributed by atoms with van der Waals surface area (Å²) in [5.74, 6) is -0.192. The van der Waals surface area contributed by atoms with E-state index in [4.69, 9.17) is 0 Å². The second-order valence-corrected chi connectivity index (χ2v) is 4.16. The number of rotatable bonds is 1. The summed E-state index contributed by atoms with van der Waals surface area (Å²) in [6, 6.07) is 5.25. The number of hydrogen-bond acceptors (Lipinski definition) is 3. The maximum atomic E-state index is 13.0. The van der Waals surface area contributed by atoms with Crippen molar-refractivity contribution in [1.29, 1.82) is 0 Å². The Morgan fingerprint density at radius 3 is 2.87 bits per heavy atom. The van der Waals surface area contributed by atoms with Crippen molar-refractivity contribution >= 4 is 11.4 Å². The van der Waals surface area contributed by atoms with Crippen molar-refractivity contribution in [3.8, 4) is 0 Å². The van der Waals surface area contributed by atoms with E-state index in [1.807, 2.05) is 0 Å². The molecule has 1 fully saturated rings. The van der Waals surface area contributed by atoms with Crippen LogP contribution in [0.3, 0.4) is 0 Å². The lowest BCUT2D eigenvalue weighted by Gasteiger charge is -2.19. The molecule has 0 bridgehead atoms. The third-order valence-electron chi connectivity index (χ3n) is 3.10. The minimum absolute atomic E-state index is 0.192. The first-order valence-corrected chi connectivity index (χ1v) is 5.39. The highest BCUT2D eigenvalue weighted by atomic mass is 19.1. The number of nitrogens with one attached hydrogen (secondary N) is 3. The molecule has 2 aliphatic heterocycles. The van der Waals surface area contributed by atoms with Gasteiger partial charge in [-0.15, -0.1) is 0 Å². The molecule has 0 saturated carbocycles. The summed E-state index contributed by atoms with van der Waals surface area (Å²) < 4.78 is 13.0. The third kappa shape index (κ3) is 1.55. The molecule has 3 rings (SSSR count). The molecule has 2 aliphatic rings. The van der Waals surface area contributed by atoms with Gasteiger partial charge in [0, 0.05) is 6.04 Å². The average Bonchev–Trinajstić information content (AvgIpc) is 2.84. The Labute approximate surface area is 88.1 Å². The highest BCUT2D eigenvalue weighted by Crippen LogP contribution is 2.31. The molecule has 1 saturated heterocycles. The molecule has 0 spiro atoms. The van der Waals surface area contributed by atoms with E-state index in [2.05, 4.69) is 16.0 Å². The van der Waals surface area contributed by atoms with E-state index in [0.717, 1.165) is 17.9 Å². The van der Waals surface area contributed by atoms with Crippen LogP contribution in [0, 0.1) is 5.82 Å². The lowest BCUT2D eigenvalue weighted by Crippen LogP contribution is -2.42. The molecule has 15 heavy (non-hydrogen) atoms. The monoisotopic (exact) mass is 207 g/mol. The first kappa shape index (κ1) is 8.97. The van der Waals surface area contributed by atoms with Crippen molar-refractivity contribution in [2.75, 3.05) is 17.2 Å². The molecule has 1 aromatic carbocycles. The smallest absolute Gasteiger partial charge is 0.125 e. The van der Waals surface area contributed by atoms with Gasteiger partial charge >= 0.3 is 0 Å². The molecule has 0 amide bonds. The normalized spacial score (nSPS) is 28.3. The number of anilines is 2. The summed E-state index contributed by atoms with van der Waals surface area (Å²) in [7, 11) is 0. The highest BCUT2D eigenvalue weighted by molar-refractivity contribution is 5.74. The fourth-order valence-electron chi connectivity index (χ4n) is 2.33. The Morgan fingerprint density at radius 2 is 2.07 bits per heavy atom. The van der Waals surface area contributed by atoms with Crippen molar-refractivity contribution in [3.05, 3.63) is 24.0 Å². The van der Waals surface area contributed by atoms with Crippen LogP contribution in [0.25, 0.3) is 0 Å². The lowest BCUT2D eigenvalue weighted by molar-refractivity contribution is 0.554. The quantitative estimate of drug-likeness (QED) is 0.656. The number of halogens is 1. The minimum Gasteiger partial charge on any atom is -0.362 e. The topological polar surface area (TPSA) is 36.1 Å². The van der Waals surface area contributed by atoms with Crippen LogP contribution in [0.1, 0.15) is 12.8 Å². The Morgan fingerprint density at radius 1 is 1.20 bits per heavy atom. The first-order chi connectivity index (χ1) is 7.33. The largest absolute Gasteiger partial charge is 0.362 e. The van der Waals surface area contributed by atoms with Crippen LogP contribution in [0.5, 0.6) is 0 Å². The van der Waals surface area contributed by atoms with E-state index < -0.39 is 0 Å². The predicted octanol–water partition coefficient (Wildman–Crippen LogP) is 1.74. The average molecular weight is 207 g/mol. The summed E-state index contributed by atoms with van der Waals surface area (Å²) >= 11 is 0. The Hall–Kier alpha value is -1.29. The van der Waals surface area contributed by atoms with Crippen LogP contribution in [-0.2, 0) is 0 Å². The maximum absolute atomic E-state index is 13.0. The van der Waals surface area contributed by atoms with Gasteiger partial charge in [-0.05, 0) is 37.6 Å². The van der Waals surface area contributed by atoms with E-state index in [9.17, 15) is 4.39 Å². The van der Waals surface area contributed by atoms with Crippen molar-refractivity contribution < 1.29 is 4.39 Å². The second-order valence-electron chi connectivity index (χ2n) is 4.16. The van der Waals surface area contributed by atoms with Crippen molar-refractivity contribution in [3.63, 3.8) is 0 Å². The standard InChI is InChI=1S/C11H14FN3/c12-7-3-4-8-10(6-7)15-11(14-8)9-2-1-5-13-9/h3-4,6,9,11,13-15H,1-2,5H2. The zero-order chi connectivity index (χ0) is 10.3. The lowest BCUT2D eigenvalue weighted by atomic mass is 10.2. The zero-order valence-corrected chi connectivity index (χ0v) is 8.39. The number of benzene rings is 1. The van der Waals surface area contributed by atoms with E-state index in [-0.39, 0.29) is 12.0 Å². The summed E-state index contributed by atoms with van der Waals surface area (Å²) in [4.78, 5) is 0. The predicted molar refractivity (Wildman–Crippen MR) is 58.5 cm³/mol. The molecule has 2 heterocycles. The molecule has 80 valence electrons. The molecule has 3 N–H and O–H groups in total. The van der Waals surface area contributed by atoms with Gasteiger partial charge in [-0.2, -0.15) is 0 Å². The van der Waals surface area contributed by atoms with Gasteiger partial charge < -0.3 is 16.0 Å². The van der Waals surface area contributed by atoms with Crippen LogP contribution in [-0.4, -0.2) is 18.8 Å². The molecule has 2 unspecified atom stereocenters. The van der Waals surface area contributed by atoms with E-state index in [0.29, 0.717) is 6.04 Å². The first-order valence-electron chi connectivity index (χ1n) is 5.39. The fourth-order valence-corrected chi connectivity index (χ4v) is 2.33. The van der Waals surface area contributed by atoms with Crippen molar-refractivity contribution in [1.82, 2.24) is 5.32 Å². The van der Waals surface area contributed by atoms with E-state index in [1.165, 1.54) is 25.0 Å². The van der Waals surface area contributed by atoms with Crippen molar-refractivity contribution in [2.24, 2.45) is 0 Å². The van der Waals surface area contributed by atoms with Gasteiger partial charge in [0.1, 0.15) is 12.0 Å². The zero-order valence-electron chi connectivity index (χ0n) is 8.39. The molecule has 0 radical (unpaired) electrons. The molecule has 2 atom stereocenters. The van der Waals surface area contributed by atoms with Crippen LogP contribution in [0.4, 0.5) is 15.8 Å². The fraction of sp³-hybridized carbons (Fsp3) is 0.455. The Bertz CT molecular complexity index is 374. The van der Waals surface area contributed by atoms with E-state index in [1.54, 1.807) is 6.07 Å². The molecular formula is C11H14FN3. The van der Waals surface area contributed by atoms with Crippen LogP contribution < -0.4 is 16.0 Å². The summed E-state index contributed by atoms with van der Waals surface area (Å²) in [6.07, 6.45) is 2.58. The van der Waals surface area contributed by atoms with Crippen LogP contribution in [0.2, 0.25) is 0 Å². The van der Waals surface area contributed by atoms with E-state index >= 15 is 0 Å². The summed E-state index contributed by atoms with van der Waals surface area (Å²) in [6.45, 7) is 1.08. The molecular weight excluding hydrogens is 193 g/mol. The molecule has 4 heteroatoms. The Balaban J connectivity index is 1.79. The number of fused-ring (bicyclic) bond motifs is 1. The van der Waals surface area contributed by atoms with Crippen LogP contribution >= 0.6 is 0 Å². The SMILES string of the molecule is Fc1ccc2c(c1)NC(C1CCCN1)N2. The molecule has 3 nitrogen and oxygen atoms in total. The van der Waals surface area contributed by atoms with Gasteiger partial charge in [-0.1, -0.05) is 0 Å². The second kappa shape index (κ2) is 3.38. The molecule has 1 aromatic rings. The number of hydrogen-bond donors (Lipinski definition) is 3. The van der Waals surface area contributed by atoms with Gasteiger partial charge in [-0.3, -0.25) is 0 Å². The van der Waals surface area contributed by atoms with Crippen LogP contribution in [0.15, 0.2) is 18.2 Å². The molecule has 0 aromatic heterocycles. The van der Waals surface area contributed by atoms with Gasteiger partial charge in [0.05, 0.1) is 11.4 Å². The van der Waals surface area contributed by atoms with Gasteiger partial charge in [0.2, 0.25) is 0 Å². The summed E-state index contributed by atoms with van der Waals surface area (Å²) in [5, 5.41) is 10.1. The Kier molecular flexibility index (Phi) is 2.02. The van der Waals surface area contributed by atoms with Crippen molar-refractivity contribution in [2.45, 2.75) is 25.0 Å². The minimum atomic E-state index is -0.192.